The van der Waals surface area contributed by atoms with Crippen LogP contribution >= 0.6 is 0 Å². The lowest BCUT2D eigenvalue weighted by Crippen LogP contribution is -2.63. The quantitative estimate of drug-likeness (QED) is 0.903. The van der Waals surface area contributed by atoms with Crippen LogP contribution in [0.15, 0.2) is 60.7 Å². The van der Waals surface area contributed by atoms with Gasteiger partial charge in [-0.1, -0.05) is 73.5 Å². The molecule has 2 aliphatic rings. The summed E-state index contributed by atoms with van der Waals surface area (Å²) >= 11 is 0. The van der Waals surface area contributed by atoms with Gasteiger partial charge in [-0.05, 0) is 24.0 Å². The van der Waals surface area contributed by atoms with Crippen molar-refractivity contribution in [1.29, 1.82) is 0 Å². The Morgan fingerprint density at radius 1 is 0.739 bits per heavy atom. The largest absolute Gasteiger partial charge is 0.311 e. The first-order valence-corrected chi connectivity index (χ1v) is 9.01. The summed E-state index contributed by atoms with van der Waals surface area (Å²) in [6.07, 6.45) is 5.38. The maximum absolute atomic E-state index is 3.99. The fourth-order valence-corrected chi connectivity index (χ4v) is 4.38. The molecule has 1 saturated carbocycles. The zero-order valence-corrected chi connectivity index (χ0v) is 13.6. The Morgan fingerprint density at radius 2 is 1.30 bits per heavy atom. The van der Waals surface area contributed by atoms with E-state index in [0.717, 1.165) is 6.54 Å². The van der Waals surface area contributed by atoms with Crippen LogP contribution in [-0.2, 0) is 0 Å². The van der Waals surface area contributed by atoms with Crippen LogP contribution in [0.4, 0.5) is 0 Å². The number of nitrogens with one attached hydrogen (secondary N) is 2. The van der Waals surface area contributed by atoms with Gasteiger partial charge in [0.15, 0.2) is 0 Å². The molecule has 1 heterocycles. The van der Waals surface area contributed by atoms with Crippen LogP contribution in [0.25, 0.3) is 0 Å². The Labute approximate surface area is 139 Å². The third-order valence-corrected chi connectivity index (χ3v) is 5.51. The Bertz CT molecular complexity index is 571. The van der Waals surface area contributed by atoms with E-state index in [4.69, 9.17) is 0 Å². The summed E-state index contributed by atoms with van der Waals surface area (Å²) in [4.78, 5) is 0. The van der Waals surface area contributed by atoms with Gasteiger partial charge < -0.3 is 10.6 Å². The van der Waals surface area contributed by atoms with Gasteiger partial charge in [0, 0.05) is 30.6 Å². The molecule has 4 rings (SSSR count). The van der Waals surface area contributed by atoms with Crippen molar-refractivity contribution < 1.29 is 0 Å². The standard InChI is InChI=1S/C21H26N2/c1-3-9-16(10-4-1)21(17-11-5-2-6-12-17)20-15-22-18-13-7-8-14-19(18)23-20/h1-6,9-12,18-23H,7-8,13-15H2. The van der Waals surface area contributed by atoms with Gasteiger partial charge in [0.25, 0.3) is 0 Å². The van der Waals surface area contributed by atoms with E-state index in [9.17, 15) is 0 Å². The lowest BCUT2D eigenvalue weighted by molar-refractivity contribution is 0.203. The minimum Gasteiger partial charge on any atom is -0.311 e. The van der Waals surface area contributed by atoms with Gasteiger partial charge in [0.1, 0.15) is 0 Å². The molecule has 1 saturated heterocycles. The first-order chi connectivity index (χ1) is 11.4. The van der Waals surface area contributed by atoms with Crippen molar-refractivity contribution >= 4 is 0 Å². The third kappa shape index (κ3) is 3.19. The Kier molecular flexibility index (Phi) is 4.45. The molecule has 0 radical (unpaired) electrons. The predicted molar refractivity (Wildman–Crippen MR) is 95.7 cm³/mol. The van der Waals surface area contributed by atoms with E-state index in [-0.39, 0.29) is 0 Å². The van der Waals surface area contributed by atoms with Crippen molar-refractivity contribution in [2.45, 2.75) is 49.7 Å². The maximum atomic E-state index is 3.99. The van der Waals surface area contributed by atoms with E-state index >= 15 is 0 Å². The lowest BCUT2D eigenvalue weighted by atomic mass is 9.80. The predicted octanol–water partition coefficient (Wildman–Crippen LogP) is 3.69. The molecule has 2 aromatic rings. The highest BCUT2D eigenvalue weighted by Gasteiger charge is 2.35. The van der Waals surface area contributed by atoms with Crippen LogP contribution in [0.5, 0.6) is 0 Å². The highest BCUT2D eigenvalue weighted by Crippen LogP contribution is 2.31. The number of rotatable bonds is 3. The lowest BCUT2D eigenvalue weighted by Gasteiger charge is -2.44. The molecule has 0 aromatic heterocycles. The van der Waals surface area contributed by atoms with Crippen LogP contribution in [0, 0.1) is 0 Å². The van der Waals surface area contributed by atoms with Crippen molar-refractivity contribution in [3.8, 4) is 0 Å². The molecule has 0 amide bonds. The molecule has 2 fully saturated rings. The van der Waals surface area contributed by atoms with Crippen LogP contribution < -0.4 is 10.6 Å². The van der Waals surface area contributed by atoms with Gasteiger partial charge in [0.2, 0.25) is 0 Å². The maximum Gasteiger partial charge on any atom is 0.0305 e. The summed E-state index contributed by atoms with van der Waals surface area (Å²) in [5, 5.41) is 7.82. The molecule has 3 atom stereocenters. The van der Waals surface area contributed by atoms with Crippen LogP contribution in [0.2, 0.25) is 0 Å². The molecule has 2 nitrogen and oxygen atoms in total. The number of fused-ring (bicyclic) bond motifs is 1. The fraction of sp³-hybridized carbons (Fsp3) is 0.429. The van der Waals surface area contributed by atoms with E-state index in [0.29, 0.717) is 24.0 Å². The van der Waals surface area contributed by atoms with E-state index in [2.05, 4.69) is 71.3 Å². The first kappa shape index (κ1) is 14.9. The second-order valence-corrected chi connectivity index (χ2v) is 6.98. The topological polar surface area (TPSA) is 24.1 Å². The molecule has 0 spiro atoms. The van der Waals surface area contributed by atoms with E-state index in [1.165, 1.54) is 36.8 Å². The summed E-state index contributed by atoms with van der Waals surface area (Å²) in [5.41, 5.74) is 2.82. The summed E-state index contributed by atoms with van der Waals surface area (Å²) in [7, 11) is 0. The number of hydrogen-bond acceptors (Lipinski definition) is 2. The third-order valence-electron chi connectivity index (χ3n) is 5.51. The second-order valence-electron chi connectivity index (χ2n) is 6.98. The molecule has 23 heavy (non-hydrogen) atoms. The van der Waals surface area contributed by atoms with E-state index in [1.807, 2.05) is 0 Å². The van der Waals surface area contributed by atoms with Gasteiger partial charge in [-0.3, -0.25) is 0 Å². The molecule has 2 N–H and O–H groups in total. The fourth-order valence-electron chi connectivity index (χ4n) is 4.38. The molecule has 1 aliphatic carbocycles. The summed E-state index contributed by atoms with van der Waals surface area (Å²) < 4.78 is 0. The summed E-state index contributed by atoms with van der Waals surface area (Å²) in [6, 6.07) is 23.7. The van der Waals surface area contributed by atoms with Crippen molar-refractivity contribution in [3.63, 3.8) is 0 Å². The molecule has 120 valence electrons. The van der Waals surface area contributed by atoms with Crippen LogP contribution in [0.3, 0.4) is 0 Å². The number of piperazine rings is 1. The van der Waals surface area contributed by atoms with Gasteiger partial charge in [-0.15, -0.1) is 0 Å². The van der Waals surface area contributed by atoms with Crippen molar-refractivity contribution in [2.24, 2.45) is 0 Å². The zero-order chi connectivity index (χ0) is 15.5. The normalized spacial score (nSPS) is 27.6. The van der Waals surface area contributed by atoms with Gasteiger partial charge >= 0.3 is 0 Å². The smallest absolute Gasteiger partial charge is 0.0305 e. The molecular formula is C21H26N2. The van der Waals surface area contributed by atoms with Gasteiger partial charge in [0.05, 0.1) is 0 Å². The minimum atomic E-state index is 0.410. The van der Waals surface area contributed by atoms with Gasteiger partial charge in [-0.2, -0.15) is 0 Å². The molecule has 0 bridgehead atoms. The highest BCUT2D eigenvalue weighted by atomic mass is 15.1. The SMILES string of the molecule is c1ccc(C(c2ccccc2)C2CNC3CCCCC3N2)cc1. The molecular weight excluding hydrogens is 280 g/mol. The average molecular weight is 306 g/mol. The summed E-state index contributed by atoms with van der Waals surface area (Å²) in [6.45, 7) is 1.05. The highest BCUT2D eigenvalue weighted by molar-refractivity contribution is 5.35. The van der Waals surface area contributed by atoms with E-state index in [1.54, 1.807) is 0 Å². The Hall–Kier alpha value is -1.64. The molecule has 1 aliphatic heterocycles. The molecule has 3 unspecified atom stereocenters. The zero-order valence-electron chi connectivity index (χ0n) is 13.6. The first-order valence-electron chi connectivity index (χ1n) is 9.01. The number of benzene rings is 2. The van der Waals surface area contributed by atoms with Crippen LogP contribution in [0.1, 0.15) is 42.7 Å². The van der Waals surface area contributed by atoms with Crippen molar-refractivity contribution in [1.82, 2.24) is 10.6 Å². The molecule has 2 aromatic carbocycles. The monoisotopic (exact) mass is 306 g/mol. The van der Waals surface area contributed by atoms with Crippen molar-refractivity contribution in [3.05, 3.63) is 71.8 Å². The average Bonchev–Trinajstić information content (AvgIpc) is 2.64. The Morgan fingerprint density at radius 3 is 1.91 bits per heavy atom. The minimum absolute atomic E-state index is 0.410. The Balaban J connectivity index is 1.63. The second kappa shape index (κ2) is 6.86. The van der Waals surface area contributed by atoms with Gasteiger partial charge in [-0.25, -0.2) is 0 Å². The molecule has 2 heteroatoms. The van der Waals surface area contributed by atoms with Crippen molar-refractivity contribution in [2.75, 3.05) is 6.54 Å². The summed E-state index contributed by atoms with van der Waals surface area (Å²) in [5.74, 6) is 0.410. The van der Waals surface area contributed by atoms with E-state index < -0.39 is 0 Å². The number of hydrogen-bond donors (Lipinski definition) is 2. The van der Waals surface area contributed by atoms with Crippen LogP contribution in [-0.4, -0.2) is 24.7 Å².